The summed E-state index contributed by atoms with van der Waals surface area (Å²) in [6.45, 7) is 9.46. The molecular formula is C33H66N2. The van der Waals surface area contributed by atoms with Crippen molar-refractivity contribution in [1.82, 2.24) is 9.80 Å². The van der Waals surface area contributed by atoms with Crippen molar-refractivity contribution in [2.45, 2.75) is 187 Å². The number of hydrogen-bond acceptors (Lipinski definition) is 2. The summed E-state index contributed by atoms with van der Waals surface area (Å²) in [6.07, 6.45) is 41.0. The molecule has 0 aromatic rings. The van der Waals surface area contributed by atoms with Gasteiger partial charge in [-0.1, -0.05) is 156 Å². The van der Waals surface area contributed by atoms with E-state index in [0.717, 1.165) is 0 Å². The summed E-state index contributed by atoms with van der Waals surface area (Å²) in [4.78, 5) is 5.39. The lowest BCUT2D eigenvalue weighted by Crippen LogP contribution is -2.39. The van der Waals surface area contributed by atoms with Gasteiger partial charge in [-0.15, -0.1) is 0 Å². The van der Waals surface area contributed by atoms with E-state index < -0.39 is 0 Å². The normalized spacial score (nSPS) is 15.6. The van der Waals surface area contributed by atoms with Crippen LogP contribution in [-0.2, 0) is 0 Å². The van der Waals surface area contributed by atoms with Crippen LogP contribution in [0.5, 0.6) is 0 Å². The van der Waals surface area contributed by atoms with Crippen molar-refractivity contribution < 1.29 is 0 Å². The SMILES string of the molecule is CCCCCCCCCCCCC1N(CCCCCCCC)C=CN1CCCCCCCCCC. The van der Waals surface area contributed by atoms with Crippen LogP contribution >= 0.6 is 0 Å². The van der Waals surface area contributed by atoms with Crippen LogP contribution in [0.25, 0.3) is 0 Å². The highest BCUT2D eigenvalue weighted by atomic mass is 15.4. The van der Waals surface area contributed by atoms with Crippen molar-refractivity contribution in [3.8, 4) is 0 Å². The Morgan fingerprint density at radius 3 is 1.00 bits per heavy atom. The first-order valence-corrected chi connectivity index (χ1v) is 16.5. The molecule has 0 fully saturated rings. The zero-order valence-corrected chi connectivity index (χ0v) is 24.7. The van der Waals surface area contributed by atoms with Crippen molar-refractivity contribution in [2.75, 3.05) is 13.1 Å². The second kappa shape index (κ2) is 25.0. The van der Waals surface area contributed by atoms with Crippen molar-refractivity contribution in [3.05, 3.63) is 12.4 Å². The van der Waals surface area contributed by atoms with E-state index >= 15 is 0 Å². The number of nitrogens with zero attached hydrogens (tertiary/aromatic N) is 2. The van der Waals surface area contributed by atoms with E-state index in [4.69, 9.17) is 0 Å². The minimum atomic E-state index is 0.643. The summed E-state index contributed by atoms with van der Waals surface area (Å²) < 4.78 is 0. The largest absolute Gasteiger partial charge is 0.356 e. The summed E-state index contributed by atoms with van der Waals surface area (Å²) in [5.74, 6) is 0. The fourth-order valence-electron chi connectivity index (χ4n) is 5.66. The Labute approximate surface area is 222 Å². The Kier molecular flexibility index (Phi) is 23.1. The zero-order chi connectivity index (χ0) is 25.2. The zero-order valence-electron chi connectivity index (χ0n) is 24.7. The van der Waals surface area contributed by atoms with Gasteiger partial charge >= 0.3 is 0 Å². The monoisotopic (exact) mass is 491 g/mol. The lowest BCUT2D eigenvalue weighted by atomic mass is 10.0. The second-order valence-corrected chi connectivity index (χ2v) is 11.5. The molecule has 0 aromatic carbocycles. The smallest absolute Gasteiger partial charge is 0.101 e. The molecule has 0 bridgehead atoms. The van der Waals surface area contributed by atoms with Crippen molar-refractivity contribution >= 4 is 0 Å². The van der Waals surface area contributed by atoms with Crippen molar-refractivity contribution in [2.24, 2.45) is 0 Å². The molecular weight excluding hydrogens is 424 g/mol. The van der Waals surface area contributed by atoms with Crippen LogP contribution in [-0.4, -0.2) is 29.1 Å². The maximum atomic E-state index is 2.70. The lowest BCUT2D eigenvalue weighted by molar-refractivity contribution is 0.135. The van der Waals surface area contributed by atoms with Crippen LogP contribution in [0.2, 0.25) is 0 Å². The number of unbranched alkanes of at least 4 members (excludes halogenated alkanes) is 21. The van der Waals surface area contributed by atoms with Crippen LogP contribution in [0.15, 0.2) is 12.4 Å². The first-order chi connectivity index (χ1) is 17.3. The summed E-state index contributed by atoms with van der Waals surface area (Å²) in [5, 5.41) is 0. The van der Waals surface area contributed by atoms with Crippen LogP contribution in [0.1, 0.15) is 181 Å². The van der Waals surface area contributed by atoms with Crippen molar-refractivity contribution in [3.63, 3.8) is 0 Å². The van der Waals surface area contributed by atoms with E-state index in [-0.39, 0.29) is 0 Å². The van der Waals surface area contributed by atoms with E-state index in [0.29, 0.717) is 6.17 Å². The van der Waals surface area contributed by atoms with E-state index in [2.05, 4.69) is 43.0 Å². The van der Waals surface area contributed by atoms with Gasteiger partial charge in [-0.25, -0.2) is 0 Å². The highest BCUT2D eigenvalue weighted by Crippen LogP contribution is 2.24. The highest BCUT2D eigenvalue weighted by Gasteiger charge is 2.24. The standard InChI is InChI=1S/C33H66N2/c1-4-7-10-13-16-18-19-20-22-25-28-33-34(29-26-23-15-12-9-6-3)31-32-35(33)30-27-24-21-17-14-11-8-5-2/h31-33H,4-30H2,1-3H3. The molecule has 0 radical (unpaired) electrons. The molecule has 208 valence electrons. The molecule has 0 saturated carbocycles. The first-order valence-electron chi connectivity index (χ1n) is 16.5. The molecule has 0 aromatic heterocycles. The van der Waals surface area contributed by atoms with Crippen LogP contribution in [0.3, 0.4) is 0 Å². The summed E-state index contributed by atoms with van der Waals surface area (Å²) in [5.41, 5.74) is 0. The van der Waals surface area contributed by atoms with Gasteiger partial charge in [0, 0.05) is 25.5 Å². The predicted molar refractivity (Wildman–Crippen MR) is 159 cm³/mol. The van der Waals surface area contributed by atoms with Gasteiger partial charge in [0.2, 0.25) is 0 Å². The summed E-state index contributed by atoms with van der Waals surface area (Å²) >= 11 is 0. The fourth-order valence-corrected chi connectivity index (χ4v) is 5.66. The quantitative estimate of drug-likeness (QED) is 0.106. The topological polar surface area (TPSA) is 6.48 Å². The molecule has 2 heteroatoms. The van der Waals surface area contributed by atoms with Crippen LogP contribution in [0, 0.1) is 0 Å². The molecule has 0 aliphatic carbocycles. The molecule has 1 unspecified atom stereocenters. The molecule has 1 rings (SSSR count). The van der Waals surface area contributed by atoms with Gasteiger partial charge in [0.1, 0.15) is 6.17 Å². The molecule has 2 nitrogen and oxygen atoms in total. The molecule has 1 aliphatic heterocycles. The van der Waals surface area contributed by atoms with Gasteiger partial charge < -0.3 is 9.80 Å². The van der Waals surface area contributed by atoms with Gasteiger partial charge in [-0.05, 0) is 25.7 Å². The maximum absolute atomic E-state index is 2.70. The Balaban J connectivity index is 2.25. The summed E-state index contributed by atoms with van der Waals surface area (Å²) in [7, 11) is 0. The molecule has 35 heavy (non-hydrogen) atoms. The summed E-state index contributed by atoms with van der Waals surface area (Å²) in [6, 6.07) is 0. The van der Waals surface area contributed by atoms with Gasteiger partial charge in [0.15, 0.2) is 0 Å². The molecule has 0 amide bonds. The minimum Gasteiger partial charge on any atom is -0.356 e. The molecule has 0 saturated heterocycles. The van der Waals surface area contributed by atoms with Gasteiger partial charge in [0.05, 0.1) is 0 Å². The average Bonchev–Trinajstić information content (AvgIpc) is 3.25. The van der Waals surface area contributed by atoms with E-state index in [1.54, 1.807) is 0 Å². The molecule has 1 atom stereocenters. The third-order valence-electron chi connectivity index (χ3n) is 8.07. The second-order valence-electron chi connectivity index (χ2n) is 11.5. The first kappa shape index (κ1) is 32.4. The van der Waals surface area contributed by atoms with Gasteiger partial charge in [-0.2, -0.15) is 0 Å². The number of hydrogen-bond donors (Lipinski definition) is 0. The van der Waals surface area contributed by atoms with E-state index in [1.807, 2.05) is 0 Å². The predicted octanol–water partition coefficient (Wildman–Crippen LogP) is 11.2. The lowest BCUT2D eigenvalue weighted by Gasteiger charge is -2.33. The van der Waals surface area contributed by atoms with E-state index in [9.17, 15) is 0 Å². The van der Waals surface area contributed by atoms with Crippen LogP contribution in [0.4, 0.5) is 0 Å². The molecule has 1 aliphatic rings. The third kappa shape index (κ3) is 18.3. The number of rotatable bonds is 27. The Morgan fingerprint density at radius 2 is 0.657 bits per heavy atom. The maximum Gasteiger partial charge on any atom is 0.101 e. The van der Waals surface area contributed by atoms with E-state index in [1.165, 1.54) is 174 Å². The highest BCUT2D eigenvalue weighted by molar-refractivity contribution is 4.97. The Hall–Kier alpha value is -0.660. The molecule has 0 spiro atoms. The average molecular weight is 491 g/mol. The Bertz CT molecular complexity index is 446. The molecule has 0 N–H and O–H groups in total. The van der Waals surface area contributed by atoms with Crippen LogP contribution < -0.4 is 0 Å². The fraction of sp³-hybridized carbons (Fsp3) is 0.939. The Morgan fingerprint density at radius 1 is 0.371 bits per heavy atom. The minimum absolute atomic E-state index is 0.643. The third-order valence-corrected chi connectivity index (χ3v) is 8.07. The van der Waals surface area contributed by atoms with Gasteiger partial charge in [-0.3, -0.25) is 0 Å². The van der Waals surface area contributed by atoms with Crippen molar-refractivity contribution in [1.29, 1.82) is 0 Å². The van der Waals surface area contributed by atoms with Gasteiger partial charge in [0.25, 0.3) is 0 Å². The molecule has 1 heterocycles.